The lowest BCUT2D eigenvalue weighted by Crippen LogP contribution is -2.46. The van der Waals surface area contributed by atoms with Crippen molar-refractivity contribution in [3.05, 3.63) is 42.5 Å². The highest BCUT2D eigenvalue weighted by molar-refractivity contribution is 5.80. The average Bonchev–Trinajstić information content (AvgIpc) is 3.15. The largest absolute Gasteiger partial charge is 0.492 e. The number of hydrogen-bond acceptors (Lipinski definition) is 4. The van der Waals surface area contributed by atoms with Gasteiger partial charge in [0, 0.05) is 13.1 Å². The number of piperidine rings is 1. The van der Waals surface area contributed by atoms with E-state index in [-0.39, 0.29) is 17.9 Å². The first-order valence-electron chi connectivity index (χ1n) is 8.15. The Morgan fingerprint density at radius 1 is 1.30 bits per heavy atom. The third-order valence-corrected chi connectivity index (χ3v) is 4.75. The number of fused-ring (bicyclic) bond motifs is 1. The first-order valence-corrected chi connectivity index (χ1v) is 8.15. The van der Waals surface area contributed by atoms with Gasteiger partial charge in [-0.05, 0) is 30.9 Å². The van der Waals surface area contributed by atoms with Crippen LogP contribution in [0.15, 0.2) is 36.9 Å². The topological polar surface area (TPSA) is 60.2 Å². The van der Waals surface area contributed by atoms with Gasteiger partial charge in [-0.15, -0.1) is 0 Å². The molecule has 1 aromatic carbocycles. The van der Waals surface area contributed by atoms with Crippen molar-refractivity contribution >= 4 is 5.91 Å². The maximum absolute atomic E-state index is 12.9. The molecular weight excluding hydrogens is 292 g/mol. The Morgan fingerprint density at radius 2 is 2.22 bits per heavy atom. The molecule has 23 heavy (non-hydrogen) atoms. The molecule has 120 valence electrons. The minimum atomic E-state index is -0.0839. The van der Waals surface area contributed by atoms with E-state index in [9.17, 15) is 4.79 Å². The Labute approximate surface area is 135 Å². The van der Waals surface area contributed by atoms with E-state index in [1.54, 1.807) is 12.7 Å². The van der Waals surface area contributed by atoms with Crippen molar-refractivity contribution in [1.29, 1.82) is 0 Å². The summed E-state index contributed by atoms with van der Waals surface area (Å²) >= 11 is 0. The van der Waals surface area contributed by atoms with Crippen LogP contribution in [0.25, 0.3) is 0 Å². The van der Waals surface area contributed by atoms with Crippen molar-refractivity contribution in [2.45, 2.75) is 25.3 Å². The van der Waals surface area contributed by atoms with Gasteiger partial charge in [0.1, 0.15) is 25.0 Å². The normalized spacial score (nSPS) is 23.9. The molecular formula is C17H20N4O2. The minimum Gasteiger partial charge on any atom is -0.492 e. The molecule has 1 saturated heterocycles. The Kier molecular flexibility index (Phi) is 3.73. The number of likely N-dealkylation sites (tertiary alicyclic amines) is 1. The molecule has 0 saturated carbocycles. The van der Waals surface area contributed by atoms with Crippen LogP contribution in [0.4, 0.5) is 0 Å². The first kappa shape index (κ1) is 14.2. The number of carbonyl (C=O) groups excluding carboxylic acids is 1. The van der Waals surface area contributed by atoms with Crippen LogP contribution >= 0.6 is 0 Å². The molecule has 6 nitrogen and oxygen atoms in total. The molecule has 4 rings (SSSR count). The molecule has 1 amide bonds. The summed E-state index contributed by atoms with van der Waals surface area (Å²) in [7, 11) is 0. The van der Waals surface area contributed by atoms with E-state index in [4.69, 9.17) is 4.74 Å². The van der Waals surface area contributed by atoms with E-state index in [2.05, 4.69) is 10.1 Å². The highest BCUT2D eigenvalue weighted by Crippen LogP contribution is 2.29. The zero-order valence-electron chi connectivity index (χ0n) is 13.0. The van der Waals surface area contributed by atoms with Gasteiger partial charge in [-0.1, -0.05) is 18.2 Å². The number of ether oxygens (including phenoxy) is 1. The van der Waals surface area contributed by atoms with Gasteiger partial charge in [-0.2, -0.15) is 5.10 Å². The third kappa shape index (κ3) is 2.81. The summed E-state index contributed by atoms with van der Waals surface area (Å²) in [5, 5.41) is 4.22. The van der Waals surface area contributed by atoms with Crippen LogP contribution in [-0.2, 0) is 11.2 Å². The summed E-state index contributed by atoms with van der Waals surface area (Å²) in [5.74, 6) is 1.03. The number of para-hydroxylation sites is 1. The van der Waals surface area contributed by atoms with Crippen molar-refractivity contribution in [2.24, 2.45) is 5.92 Å². The van der Waals surface area contributed by atoms with Crippen LogP contribution in [0.5, 0.6) is 5.75 Å². The van der Waals surface area contributed by atoms with Gasteiger partial charge in [-0.3, -0.25) is 4.79 Å². The lowest BCUT2D eigenvalue weighted by molar-refractivity contribution is -0.138. The molecule has 2 aliphatic heterocycles. The number of hydrogen-bond donors (Lipinski definition) is 0. The minimum absolute atomic E-state index is 0.0839. The van der Waals surface area contributed by atoms with Crippen LogP contribution < -0.4 is 4.74 Å². The summed E-state index contributed by atoms with van der Waals surface area (Å²) in [6.45, 7) is 2.00. The molecule has 1 fully saturated rings. The van der Waals surface area contributed by atoms with Gasteiger partial charge >= 0.3 is 0 Å². The smallest absolute Gasteiger partial charge is 0.229 e. The molecule has 0 spiro atoms. The molecule has 2 aromatic rings. The highest BCUT2D eigenvalue weighted by Gasteiger charge is 2.32. The Hall–Kier alpha value is -2.37. The highest BCUT2D eigenvalue weighted by atomic mass is 16.5. The van der Waals surface area contributed by atoms with Crippen LogP contribution in [0.2, 0.25) is 0 Å². The van der Waals surface area contributed by atoms with Crippen LogP contribution in [-0.4, -0.2) is 45.3 Å². The Bertz CT molecular complexity index is 686. The number of amides is 1. The molecule has 0 unspecified atom stereocenters. The second kappa shape index (κ2) is 6.02. The summed E-state index contributed by atoms with van der Waals surface area (Å²) in [6, 6.07) is 8.21. The van der Waals surface area contributed by atoms with Crippen molar-refractivity contribution < 1.29 is 9.53 Å². The zero-order chi connectivity index (χ0) is 15.6. The molecule has 0 bridgehead atoms. The standard InChI is InChI=1S/C17H20N4O2/c22-17(14-8-13-4-1-2-6-16(13)23-10-14)20-7-3-5-15(9-20)21-12-18-11-19-21/h1-2,4,6,11-12,14-15H,3,5,7-10H2/t14-,15+/m0/s1. The average molecular weight is 312 g/mol. The fourth-order valence-corrected chi connectivity index (χ4v) is 3.52. The molecule has 0 radical (unpaired) electrons. The number of carbonyl (C=O) groups is 1. The maximum atomic E-state index is 12.9. The van der Waals surface area contributed by atoms with Crippen LogP contribution in [0.3, 0.4) is 0 Å². The summed E-state index contributed by atoms with van der Waals surface area (Å²) in [4.78, 5) is 18.9. The number of benzene rings is 1. The van der Waals surface area contributed by atoms with E-state index < -0.39 is 0 Å². The molecule has 2 aliphatic rings. The predicted molar refractivity (Wildman–Crippen MR) is 84.0 cm³/mol. The number of nitrogens with zero attached hydrogens (tertiary/aromatic N) is 4. The number of aromatic nitrogens is 3. The molecule has 2 atom stereocenters. The molecule has 0 N–H and O–H groups in total. The summed E-state index contributed by atoms with van der Waals surface area (Å²) in [6.07, 6.45) is 6.09. The van der Waals surface area contributed by atoms with Gasteiger partial charge in [-0.25, -0.2) is 9.67 Å². The molecule has 0 aliphatic carbocycles. The van der Waals surface area contributed by atoms with E-state index in [1.165, 1.54) is 0 Å². The van der Waals surface area contributed by atoms with Crippen LogP contribution in [0, 0.1) is 5.92 Å². The first-order chi connectivity index (χ1) is 11.3. The van der Waals surface area contributed by atoms with Gasteiger partial charge in [0.25, 0.3) is 0 Å². The Morgan fingerprint density at radius 3 is 3.09 bits per heavy atom. The van der Waals surface area contributed by atoms with E-state index >= 15 is 0 Å². The molecule has 3 heterocycles. The lowest BCUT2D eigenvalue weighted by atomic mass is 9.94. The molecule has 6 heteroatoms. The van der Waals surface area contributed by atoms with Crippen molar-refractivity contribution in [2.75, 3.05) is 19.7 Å². The van der Waals surface area contributed by atoms with Crippen molar-refractivity contribution in [3.8, 4) is 5.75 Å². The number of rotatable bonds is 2. The fraction of sp³-hybridized carbons (Fsp3) is 0.471. The summed E-state index contributed by atoms with van der Waals surface area (Å²) in [5.41, 5.74) is 1.13. The third-order valence-electron chi connectivity index (χ3n) is 4.75. The second-order valence-electron chi connectivity index (χ2n) is 6.28. The van der Waals surface area contributed by atoms with E-state index in [0.29, 0.717) is 13.2 Å². The lowest BCUT2D eigenvalue weighted by Gasteiger charge is -2.36. The van der Waals surface area contributed by atoms with Gasteiger partial charge < -0.3 is 9.64 Å². The fourth-order valence-electron chi connectivity index (χ4n) is 3.52. The Balaban J connectivity index is 1.45. The van der Waals surface area contributed by atoms with Crippen LogP contribution in [0.1, 0.15) is 24.4 Å². The van der Waals surface area contributed by atoms with E-state index in [1.807, 2.05) is 33.8 Å². The summed E-state index contributed by atoms with van der Waals surface area (Å²) < 4.78 is 7.64. The quantitative estimate of drug-likeness (QED) is 0.847. The van der Waals surface area contributed by atoms with Crippen molar-refractivity contribution in [3.63, 3.8) is 0 Å². The van der Waals surface area contributed by atoms with Gasteiger partial charge in [0.15, 0.2) is 0 Å². The van der Waals surface area contributed by atoms with Gasteiger partial charge in [0.2, 0.25) is 5.91 Å². The zero-order valence-corrected chi connectivity index (χ0v) is 13.0. The SMILES string of the molecule is O=C([C@@H]1COc2ccccc2C1)N1CCC[C@@H](n2cncn2)C1. The molecule has 1 aromatic heterocycles. The monoisotopic (exact) mass is 312 g/mol. The maximum Gasteiger partial charge on any atom is 0.229 e. The second-order valence-corrected chi connectivity index (χ2v) is 6.28. The predicted octanol–water partition coefficient (Wildman–Crippen LogP) is 1.69. The van der Waals surface area contributed by atoms with Gasteiger partial charge in [0.05, 0.1) is 12.0 Å². The van der Waals surface area contributed by atoms with E-state index in [0.717, 1.165) is 37.1 Å². The van der Waals surface area contributed by atoms with Crippen molar-refractivity contribution in [1.82, 2.24) is 19.7 Å².